The Balaban J connectivity index is 1.91. The minimum Gasteiger partial charge on any atom is -0.352 e. The number of hydrogen-bond donors (Lipinski definition) is 1. The molecular weight excluding hydrogens is 396 g/mol. The lowest BCUT2D eigenvalue weighted by atomic mass is 10.1. The lowest BCUT2D eigenvalue weighted by Gasteiger charge is -2.14. The number of benzene rings is 1. The van der Waals surface area contributed by atoms with Crippen molar-refractivity contribution in [2.45, 2.75) is 27.3 Å². The van der Waals surface area contributed by atoms with Crippen molar-refractivity contribution < 1.29 is 9.18 Å². The summed E-state index contributed by atoms with van der Waals surface area (Å²) in [5, 5.41) is 7.32. The number of aromatic nitrogens is 2. The van der Waals surface area contributed by atoms with E-state index in [0.29, 0.717) is 15.7 Å². The molecule has 118 valence electrons. The van der Waals surface area contributed by atoms with Gasteiger partial charge in [-0.1, -0.05) is 6.92 Å². The molecule has 1 aromatic carbocycles. The maximum atomic E-state index is 13.1. The molecule has 1 N–H and O–H groups in total. The quantitative estimate of drug-likeness (QED) is 0.762. The van der Waals surface area contributed by atoms with E-state index in [1.807, 2.05) is 47.2 Å². The van der Waals surface area contributed by atoms with Gasteiger partial charge in [-0.2, -0.15) is 5.10 Å². The number of carbonyl (C=O) groups excluding carboxylic acids is 1. The van der Waals surface area contributed by atoms with Crippen LogP contribution in [0.3, 0.4) is 0 Å². The van der Waals surface area contributed by atoms with Gasteiger partial charge in [0.25, 0.3) is 5.91 Å². The van der Waals surface area contributed by atoms with Crippen molar-refractivity contribution >= 4 is 28.5 Å². The van der Waals surface area contributed by atoms with Crippen LogP contribution in [0.5, 0.6) is 0 Å². The maximum Gasteiger partial charge on any atom is 0.252 e. The molecule has 2 aromatic rings. The van der Waals surface area contributed by atoms with Crippen LogP contribution >= 0.6 is 22.6 Å². The zero-order chi connectivity index (χ0) is 16.3. The van der Waals surface area contributed by atoms with Crippen molar-refractivity contribution in [1.29, 1.82) is 0 Å². The average molecular weight is 415 g/mol. The van der Waals surface area contributed by atoms with Gasteiger partial charge in [0.2, 0.25) is 0 Å². The van der Waals surface area contributed by atoms with E-state index in [9.17, 15) is 9.18 Å². The lowest BCUT2D eigenvalue weighted by Crippen LogP contribution is -2.30. The molecule has 0 saturated carbocycles. The van der Waals surface area contributed by atoms with Crippen LogP contribution in [0.25, 0.3) is 0 Å². The number of nitrogens with zero attached hydrogens (tertiary/aromatic N) is 2. The fourth-order valence-electron chi connectivity index (χ4n) is 2.26. The first-order valence-corrected chi connectivity index (χ1v) is 8.19. The van der Waals surface area contributed by atoms with E-state index in [0.717, 1.165) is 17.9 Å². The van der Waals surface area contributed by atoms with Crippen LogP contribution in [0.15, 0.2) is 24.3 Å². The molecule has 4 nitrogen and oxygen atoms in total. The van der Waals surface area contributed by atoms with E-state index in [-0.39, 0.29) is 17.6 Å². The molecule has 1 aromatic heterocycles. The Bertz CT molecular complexity index is 684. The van der Waals surface area contributed by atoms with Gasteiger partial charge in [0.15, 0.2) is 0 Å². The molecule has 1 amide bonds. The highest BCUT2D eigenvalue weighted by molar-refractivity contribution is 14.1. The first-order chi connectivity index (χ1) is 10.4. The van der Waals surface area contributed by atoms with Crippen LogP contribution in [0.2, 0.25) is 0 Å². The number of halogens is 2. The van der Waals surface area contributed by atoms with E-state index >= 15 is 0 Å². The number of hydrogen-bond acceptors (Lipinski definition) is 2. The summed E-state index contributed by atoms with van der Waals surface area (Å²) in [6.07, 6.45) is 0. The first kappa shape index (κ1) is 16.9. The van der Waals surface area contributed by atoms with Gasteiger partial charge in [-0.3, -0.25) is 9.48 Å². The van der Waals surface area contributed by atoms with Crippen LogP contribution in [-0.4, -0.2) is 22.2 Å². The first-order valence-electron chi connectivity index (χ1n) is 7.11. The highest BCUT2D eigenvalue weighted by Crippen LogP contribution is 2.14. The Morgan fingerprint density at radius 3 is 2.73 bits per heavy atom. The predicted molar refractivity (Wildman–Crippen MR) is 92.3 cm³/mol. The lowest BCUT2D eigenvalue weighted by molar-refractivity contribution is 0.0945. The smallest absolute Gasteiger partial charge is 0.252 e. The van der Waals surface area contributed by atoms with Gasteiger partial charge < -0.3 is 5.32 Å². The number of amides is 1. The van der Waals surface area contributed by atoms with Crippen molar-refractivity contribution in [1.82, 2.24) is 15.1 Å². The predicted octanol–water partition coefficient (Wildman–Crippen LogP) is 3.31. The molecule has 1 heterocycles. The molecule has 0 spiro atoms. The van der Waals surface area contributed by atoms with Gasteiger partial charge in [0.05, 0.1) is 11.3 Å². The third-order valence-electron chi connectivity index (χ3n) is 3.37. The molecule has 1 unspecified atom stereocenters. The van der Waals surface area contributed by atoms with Gasteiger partial charge in [-0.15, -0.1) is 0 Å². The van der Waals surface area contributed by atoms with Crippen molar-refractivity contribution in [3.63, 3.8) is 0 Å². The minimum atomic E-state index is -0.334. The fourth-order valence-corrected chi connectivity index (χ4v) is 2.98. The number of aryl methyl sites for hydroxylation is 2. The summed E-state index contributed by atoms with van der Waals surface area (Å²) in [7, 11) is 0. The molecule has 0 aliphatic heterocycles. The average Bonchev–Trinajstić information content (AvgIpc) is 2.74. The molecular formula is C16H19FIN3O. The largest absolute Gasteiger partial charge is 0.352 e. The molecule has 0 saturated heterocycles. The maximum absolute atomic E-state index is 13.1. The molecule has 1 atom stereocenters. The summed E-state index contributed by atoms with van der Waals surface area (Å²) in [5.74, 6) is -0.261. The number of carbonyl (C=O) groups is 1. The second kappa shape index (κ2) is 7.21. The highest BCUT2D eigenvalue weighted by Gasteiger charge is 2.13. The van der Waals surface area contributed by atoms with Crippen LogP contribution in [0.4, 0.5) is 4.39 Å². The Labute approximate surface area is 143 Å². The monoisotopic (exact) mass is 415 g/mol. The van der Waals surface area contributed by atoms with E-state index in [4.69, 9.17) is 0 Å². The molecule has 6 heteroatoms. The van der Waals surface area contributed by atoms with E-state index < -0.39 is 0 Å². The standard InChI is InChI=1S/C16H19FIN3O/c1-10(9-21-12(3)6-11(2)20-21)8-19-16(22)14-5-4-13(17)7-15(14)18/h4-7,10H,8-9H2,1-3H3,(H,19,22). The summed E-state index contributed by atoms with van der Waals surface area (Å²) in [4.78, 5) is 12.1. The molecule has 0 radical (unpaired) electrons. The Kier molecular flexibility index (Phi) is 5.55. The molecule has 2 rings (SSSR count). The van der Waals surface area contributed by atoms with Crippen LogP contribution in [0, 0.1) is 29.2 Å². The van der Waals surface area contributed by atoms with Crippen molar-refractivity contribution in [2.75, 3.05) is 6.54 Å². The van der Waals surface area contributed by atoms with Crippen molar-refractivity contribution in [3.05, 3.63) is 50.6 Å². The highest BCUT2D eigenvalue weighted by atomic mass is 127. The summed E-state index contributed by atoms with van der Waals surface area (Å²) >= 11 is 1.97. The van der Waals surface area contributed by atoms with Gasteiger partial charge >= 0.3 is 0 Å². The fraction of sp³-hybridized carbons (Fsp3) is 0.375. The second-order valence-electron chi connectivity index (χ2n) is 5.55. The summed E-state index contributed by atoms with van der Waals surface area (Å²) < 4.78 is 15.6. The van der Waals surface area contributed by atoms with Crippen LogP contribution in [0.1, 0.15) is 28.7 Å². The molecule has 0 aliphatic rings. The van der Waals surface area contributed by atoms with E-state index in [1.54, 1.807) is 0 Å². The number of nitrogens with one attached hydrogen (secondary N) is 1. The Morgan fingerprint density at radius 2 is 2.14 bits per heavy atom. The van der Waals surface area contributed by atoms with Crippen LogP contribution < -0.4 is 5.32 Å². The van der Waals surface area contributed by atoms with Crippen LogP contribution in [-0.2, 0) is 6.54 Å². The normalized spacial score (nSPS) is 12.2. The molecule has 0 aliphatic carbocycles. The Hall–Kier alpha value is -1.44. The van der Waals surface area contributed by atoms with E-state index in [1.165, 1.54) is 18.2 Å². The SMILES string of the molecule is Cc1cc(C)n(CC(C)CNC(=O)c2ccc(F)cc2I)n1. The molecule has 0 fully saturated rings. The number of rotatable bonds is 5. The van der Waals surface area contributed by atoms with Crippen molar-refractivity contribution in [2.24, 2.45) is 5.92 Å². The van der Waals surface area contributed by atoms with Gasteiger partial charge in [-0.25, -0.2) is 4.39 Å². The zero-order valence-corrected chi connectivity index (χ0v) is 15.0. The molecule has 22 heavy (non-hydrogen) atoms. The van der Waals surface area contributed by atoms with E-state index in [2.05, 4.69) is 17.3 Å². The van der Waals surface area contributed by atoms with Gasteiger partial charge in [0.1, 0.15) is 5.82 Å². The summed E-state index contributed by atoms with van der Waals surface area (Å²) in [5.41, 5.74) is 2.61. The summed E-state index contributed by atoms with van der Waals surface area (Å²) in [6, 6.07) is 6.20. The van der Waals surface area contributed by atoms with Gasteiger partial charge in [0, 0.05) is 22.4 Å². The molecule has 0 bridgehead atoms. The third-order valence-corrected chi connectivity index (χ3v) is 4.27. The Morgan fingerprint density at radius 1 is 1.41 bits per heavy atom. The third kappa shape index (κ3) is 4.28. The van der Waals surface area contributed by atoms with Crippen molar-refractivity contribution in [3.8, 4) is 0 Å². The second-order valence-corrected chi connectivity index (χ2v) is 6.71. The minimum absolute atomic E-state index is 0.176. The van der Waals surface area contributed by atoms with Gasteiger partial charge in [-0.05, 0) is 66.6 Å². The summed E-state index contributed by atoms with van der Waals surface area (Å²) in [6.45, 7) is 7.34. The zero-order valence-electron chi connectivity index (χ0n) is 12.9. The topological polar surface area (TPSA) is 46.9 Å².